The molecule has 0 saturated carbocycles. The molecular weight excluding hydrogens is 378 g/mol. The van der Waals surface area contributed by atoms with Gasteiger partial charge in [0.1, 0.15) is 17.3 Å². The van der Waals surface area contributed by atoms with Gasteiger partial charge in [0.15, 0.2) is 0 Å². The average molecular weight is 412 g/mol. The summed E-state index contributed by atoms with van der Waals surface area (Å²) in [4.78, 5) is 17.7. The zero-order chi connectivity index (χ0) is 21.1. The number of aryl methyl sites for hydroxylation is 1. The number of methoxy groups -OCH3 is 1. The van der Waals surface area contributed by atoms with Gasteiger partial charge in [-0.2, -0.15) is 0 Å². The summed E-state index contributed by atoms with van der Waals surface area (Å²) in [6.45, 7) is 5.91. The lowest BCUT2D eigenvalue weighted by Crippen LogP contribution is -2.41. The van der Waals surface area contributed by atoms with Gasteiger partial charge in [-0.1, -0.05) is 0 Å². The highest BCUT2D eigenvalue weighted by atomic mass is 16.5. The smallest absolute Gasteiger partial charge is 0.228 e. The highest BCUT2D eigenvalue weighted by Crippen LogP contribution is 2.34. The Hall–Kier alpha value is -2.31. The van der Waals surface area contributed by atoms with Crippen LogP contribution in [-0.4, -0.2) is 55.5 Å². The second kappa shape index (κ2) is 9.23. The monoisotopic (exact) mass is 411 g/mol. The highest BCUT2D eigenvalue weighted by Gasteiger charge is 2.39. The Balaban J connectivity index is 1.27. The van der Waals surface area contributed by atoms with E-state index in [1.807, 2.05) is 37.3 Å². The number of likely N-dealkylation sites (tertiary alicyclic amines) is 2. The van der Waals surface area contributed by atoms with Crippen molar-refractivity contribution in [1.29, 1.82) is 0 Å². The van der Waals surface area contributed by atoms with Crippen molar-refractivity contribution in [2.75, 3.05) is 39.1 Å². The van der Waals surface area contributed by atoms with Crippen molar-refractivity contribution >= 4 is 11.6 Å². The molecule has 1 aromatic carbocycles. The van der Waals surface area contributed by atoms with E-state index in [9.17, 15) is 4.79 Å². The molecule has 2 aliphatic heterocycles. The molecule has 1 N–H and O–H groups in total. The van der Waals surface area contributed by atoms with Gasteiger partial charge in [0.25, 0.3) is 0 Å². The number of carbonyl (C=O) groups is 1. The molecule has 0 aliphatic carbocycles. The molecule has 2 fully saturated rings. The van der Waals surface area contributed by atoms with Crippen molar-refractivity contribution < 1.29 is 13.9 Å². The van der Waals surface area contributed by atoms with Crippen LogP contribution in [0.2, 0.25) is 0 Å². The molecule has 4 rings (SSSR count). The zero-order valence-corrected chi connectivity index (χ0v) is 18.3. The number of piperidine rings is 1. The van der Waals surface area contributed by atoms with Crippen LogP contribution in [0.5, 0.6) is 5.75 Å². The van der Waals surface area contributed by atoms with Gasteiger partial charge in [0.05, 0.1) is 19.6 Å². The molecule has 0 unspecified atom stereocenters. The fraction of sp³-hybridized carbons (Fsp3) is 0.542. The van der Waals surface area contributed by atoms with Crippen LogP contribution in [0.4, 0.5) is 5.69 Å². The summed E-state index contributed by atoms with van der Waals surface area (Å²) in [5, 5.41) is 3.08. The molecule has 6 nitrogen and oxygen atoms in total. The number of furan rings is 1. The number of benzene rings is 1. The zero-order valence-electron chi connectivity index (χ0n) is 18.3. The number of hydrogen-bond acceptors (Lipinski definition) is 5. The first kappa shape index (κ1) is 20.9. The van der Waals surface area contributed by atoms with Crippen molar-refractivity contribution in [2.45, 2.75) is 38.8 Å². The number of anilines is 1. The van der Waals surface area contributed by atoms with Crippen molar-refractivity contribution in [3.05, 3.63) is 47.9 Å². The lowest BCUT2D eigenvalue weighted by molar-refractivity contribution is -0.119. The van der Waals surface area contributed by atoms with E-state index in [4.69, 9.17) is 9.15 Å². The molecule has 0 radical (unpaired) electrons. The number of ether oxygens (including phenoxy) is 1. The average Bonchev–Trinajstić information content (AvgIpc) is 3.34. The van der Waals surface area contributed by atoms with E-state index in [2.05, 4.69) is 28.2 Å². The summed E-state index contributed by atoms with van der Waals surface area (Å²) in [6, 6.07) is 12.1. The van der Waals surface area contributed by atoms with Gasteiger partial charge >= 0.3 is 0 Å². The van der Waals surface area contributed by atoms with Gasteiger partial charge in [-0.05, 0) is 88.6 Å². The first-order valence-electron chi connectivity index (χ1n) is 10.9. The molecule has 6 heteroatoms. The molecule has 0 spiro atoms. The van der Waals surface area contributed by atoms with Gasteiger partial charge in [0.2, 0.25) is 5.91 Å². The minimum atomic E-state index is 0.0474. The largest absolute Gasteiger partial charge is 0.497 e. The number of rotatable bonds is 6. The Bertz CT molecular complexity index is 840. The van der Waals surface area contributed by atoms with E-state index in [1.54, 1.807) is 7.11 Å². The molecule has 0 bridgehead atoms. The summed E-state index contributed by atoms with van der Waals surface area (Å²) in [5.41, 5.74) is 0.827. The SMILES string of the molecule is COc1ccc(NC(=O)[C@@H]2C[C@H](C3CCN(Cc4ccc(C)o4)CC3)N(C)C2)cc1. The van der Waals surface area contributed by atoms with E-state index < -0.39 is 0 Å². The molecule has 2 atom stereocenters. The fourth-order valence-corrected chi connectivity index (χ4v) is 4.98. The Labute approximate surface area is 179 Å². The lowest BCUT2D eigenvalue weighted by atomic mass is 9.86. The van der Waals surface area contributed by atoms with Crippen LogP contribution in [0.15, 0.2) is 40.8 Å². The predicted molar refractivity (Wildman–Crippen MR) is 118 cm³/mol. The predicted octanol–water partition coefficient (Wildman–Crippen LogP) is 3.77. The van der Waals surface area contributed by atoms with Crippen molar-refractivity contribution in [3.8, 4) is 5.75 Å². The molecule has 2 aromatic rings. The Morgan fingerprint density at radius 3 is 2.53 bits per heavy atom. The van der Waals surface area contributed by atoms with Crippen LogP contribution >= 0.6 is 0 Å². The van der Waals surface area contributed by atoms with E-state index >= 15 is 0 Å². The van der Waals surface area contributed by atoms with Gasteiger partial charge in [-0.3, -0.25) is 9.69 Å². The Morgan fingerprint density at radius 2 is 1.90 bits per heavy atom. The van der Waals surface area contributed by atoms with Gasteiger partial charge in [-0.15, -0.1) is 0 Å². The Kier molecular flexibility index (Phi) is 6.44. The summed E-state index contributed by atoms with van der Waals surface area (Å²) in [7, 11) is 3.81. The Morgan fingerprint density at radius 1 is 1.17 bits per heavy atom. The van der Waals surface area contributed by atoms with Crippen LogP contribution in [0.1, 0.15) is 30.8 Å². The molecule has 1 amide bonds. The van der Waals surface area contributed by atoms with Gasteiger partial charge in [-0.25, -0.2) is 0 Å². The molecule has 2 aliphatic rings. The van der Waals surface area contributed by atoms with Crippen molar-refractivity contribution in [3.63, 3.8) is 0 Å². The third-order valence-electron chi connectivity index (χ3n) is 6.68. The number of amides is 1. The first-order chi connectivity index (χ1) is 14.5. The fourth-order valence-electron chi connectivity index (χ4n) is 4.98. The van der Waals surface area contributed by atoms with Gasteiger partial charge in [0, 0.05) is 18.3 Å². The molecule has 162 valence electrons. The normalized spacial score (nSPS) is 23.6. The third-order valence-corrected chi connectivity index (χ3v) is 6.68. The van der Waals surface area contributed by atoms with E-state index in [0.717, 1.165) is 55.6 Å². The van der Waals surface area contributed by atoms with Crippen LogP contribution < -0.4 is 10.1 Å². The quantitative estimate of drug-likeness (QED) is 0.784. The first-order valence-corrected chi connectivity index (χ1v) is 10.9. The molecule has 2 saturated heterocycles. The number of nitrogens with zero attached hydrogens (tertiary/aromatic N) is 2. The number of nitrogens with one attached hydrogen (secondary N) is 1. The molecule has 1 aromatic heterocycles. The standard InChI is InChI=1S/C24H33N3O3/c1-17-4-7-22(30-17)16-27-12-10-18(11-13-27)23-14-19(15-26(23)2)24(28)25-20-5-8-21(29-3)9-6-20/h4-9,18-19,23H,10-16H2,1-3H3,(H,25,28)/t19-,23-/m1/s1. The summed E-state index contributed by atoms with van der Waals surface area (Å²) >= 11 is 0. The summed E-state index contributed by atoms with van der Waals surface area (Å²) in [5.74, 6) is 3.66. The van der Waals surface area contributed by atoms with Crippen LogP contribution in [-0.2, 0) is 11.3 Å². The van der Waals surface area contributed by atoms with Crippen LogP contribution in [0, 0.1) is 18.8 Å². The van der Waals surface area contributed by atoms with Crippen molar-refractivity contribution in [1.82, 2.24) is 9.80 Å². The minimum absolute atomic E-state index is 0.0474. The van der Waals surface area contributed by atoms with E-state index in [-0.39, 0.29) is 11.8 Å². The second-order valence-corrected chi connectivity index (χ2v) is 8.78. The summed E-state index contributed by atoms with van der Waals surface area (Å²) < 4.78 is 10.9. The van der Waals surface area contributed by atoms with Crippen molar-refractivity contribution in [2.24, 2.45) is 11.8 Å². The maximum Gasteiger partial charge on any atom is 0.228 e. The molecule has 3 heterocycles. The van der Waals surface area contributed by atoms with Crippen LogP contribution in [0.25, 0.3) is 0 Å². The summed E-state index contributed by atoms with van der Waals surface area (Å²) in [6.07, 6.45) is 3.31. The number of carbonyl (C=O) groups excluding carboxylic acids is 1. The lowest BCUT2D eigenvalue weighted by Gasteiger charge is -2.36. The van der Waals surface area contributed by atoms with Gasteiger partial charge < -0.3 is 19.4 Å². The molecular formula is C24H33N3O3. The van der Waals surface area contributed by atoms with Crippen LogP contribution in [0.3, 0.4) is 0 Å². The maximum atomic E-state index is 12.8. The van der Waals surface area contributed by atoms with E-state index in [1.165, 1.54) is 12.8 Å². The third kappa shape index (κ3) is 4.87. The van der Waals surface area contributed by atoms with E-state index in [0.29, 0.717) is 12.0 Å². The number of hydrogen-bond donors (Lipinski definition) is 1. The minimum Gasteiger partial charge on any atom is -0.497 e. The molecule has 30 heavy (non-hydrogen) atoms. The topological polar surface area (TPSA) is 58.0 Å². The highest BCUT2D eigenvalue weighted by molar-refractivity contribution is 5.93. The maximum absolute atomic E-state index is 12.8. The second-order valence-electron chi connectivity index (χ2n) is 8.78.